The van der Waals surface area contributed by atoms with Crippen molar-refractivity contribution in [2.24, 2.45) is 0 Å². The molecule has 1 aliphatic carbocycles. The van der Waals surface area contributed by atoms with Crippen molar-refractivity contribution >= 4 is 0 Å². The fourth-order valence-electron chi connectivity index (χ4n) is 5.08. The first kappa shape index (κ1) is 14.8. The maximum Gasteiger partial charge on any atom is 0.231 e. The van der Waals surface area contributed by atoms with Gasteiger partial charge in [-0.25, -0.2) is 0 Å². The van der Waals surface area contributed by atoms with Crippen LogP contribution in [-0.2, 0) is 16.7 Å². The van der Waals surface area contributed by atoms with E-state index in [9.17, 15) is 5.11 Å². The molecule has 128 valence electrons. The van der Waals surface area contributed by atoms with E-state index >= 15 is 0 Å². The standard InChI is InChI=1S/C19H23NO4/c1-22-18-10-19-13(8-15(18)21)4-6-20(19)5-2-3-12-7-16-17(9-14(12)19)24-11-23-16/h7-9,15,18,21H,2-6,10-11H2,1H3/t15-,18-,19-/m0/s1. The third-order valence-electron chi connectivity index (χ3n) is 6.19. The number of methoxy groups -OCH3 is 1. The number of aryl methyl sites for hydroxylation is 1. The lowest BCUT2D eigenvalue weighted by Crippen LogP contribution is -2.49. The first-order chi connectivity index (χ1) is 11.7. The van der Waals surface area contributed by atoms with Crippen molar-refractivity contribution < 1.29 is 19.3 Å². The van der Waals surface area contributed by atoms with Crippen molar-refractivity contribution in [1.82, 2.24) is 4.90 Å². The maximum atomic E-state index is 10.4. The highest BCUT2D eigenvalue weighted by molar-refractivity contribution is 5.55. The van der Waals surface area contributed by atoms with Crippen LogP contribution in [-0.4, -0.2) is 49.2 Å². The highest BCUT2D eigenvalue weighted by Gasteiger charge is 2.52. The summed E-state index contributed by atoms with van der Waals surface area (Å²) in [4.78, 5) is 2.59. The lowest BCUT2D eigenvalue weighted by Gasteiger charge is -2.45. The highest BCUT2D eigenvalue weighted by atomic mass is 16.7. The molecule has 0 unspecified atom stereocenters. The Morgan fingerprint density at radius 3 is 2.88 bits per heavy atom. The average molecular weight is 329 g/mol. The van der Waals surface area contributed by atoms with Crippen LogP contribution in [0.4, 0.5) is 0 Å². The molecule has 3 atom stereocenters. The summed E-state index contributed by atoms with van der Waals surface area (Å²) in [5.41, 5.74) is 3.85. The van der Waals surface area contributed by atoms with Crippen LogP contribution in [0.25, 0.3) is 0 Å². The van der Waals surface area contributed by atoms with E-state index in [4.69, 9.17) is 14.2 Å². The Kier molecular flexibility index (Phi) is 3.21. The van der Waals surface area contributed by atoms with E-state index < -0.39 is 6.10 Å². The zero-order chi connectivity index (χ0) is 16.3. The summed E-state index contributed by atoms with van der Waals surface area (Å²) in [6.07, 6.45) is 5.35. The summed E-state index contributed by atoms with van der Waals surface area (Å²) < 4.78 is 16.9. The van der Waals surface area contributed by atoms with Crippen LogP contribution in [0.5, 0.6) is 11.5 Å². The van der Waals surface area contributed by atoms with Gasteiger partial charge in [-0.2, -0.15) is 0 Å². The number of aliphatic hydroxyl groups excluding tert-OH is 1. The van der Waals surface area contributed by atoms with Gasteiger partial charge in [0.15, 0.2) is 11.5 Å². The van der Waals surface area contributed by atoms with Crippen LogP contribution in [0, 0.1) is 0 Å². The number of fused-ring (bicyclic) bond motifs is 2. The topological polar surface area (TPSA) is 51.2 Å². The second-order valence-corrected chi connectivity index (χ2v) is 7.22. The number of hydrogen-bond acceptors (Lipinski definition) is 5. The van der Waals surface area contributed by atoms with Crippen LogP contribution >= 0.6 is 0 Å². The molecule has 4 aliphatic rings. The molecular weight excluding hydrogens is 306 g/mol. The van der Waals surface area contributed by atoms with Gasteiger partial charge in [-0.1, -0.05) is 6.08 Å². The quantitative estimate of drug-likeness (QED) is 0.799. The SMILES string of the molecule is CO[C@H]1C[C@@]23C(=C[C@@H]1O)CCN2CCCc1cc2c(cc13)OCO2. The lowest BCUT2D eigenvalue weighted by molar-refractivity contribution is -0.0317. The van der Waals surface area contributed by atoms with Crippen molar-refractivity contribution in [2.75, 3.05) is 27.0 Å². The molecule has 5 rings (SSSR count). The van der Waals surface area contributed by atoms with Crippen molar-refractivity contribution in [3.8, 4) is 11.5 Å². The largest absolute Gasteiger partial charge is 0.454 e. The Bertz CT molecular complexity index is 716. The minimum Gasteiger partial charge on any atom is -0.454 e. The molecule has 0 radical (unpaired) electrons. The fraction of sp³-hybridized carbons (Fsp3) is 0.579. The minimum absolute atomic E-state index is 0.160. The molecule has 1 aromatic carbocycles. The number of aliphatic hydroxyl groups is 1. The zero-order valence-corrected chi connectivity index (χ0v) is 14.0. The normalized spacial score (nSPS) is 34.2. The van der Waals surface area contributed by atoms with E-state index in [0.717, 1.165) is 50.3 Å². The van der Waals surface area contributed by atoms with Crippen molar-refractivity contribution in [2.45, 2.75) is 43.4 Å². The smallest absolute Gasteiger partial charge is 0.231 e. The van der Waals surface area contributed by atoms with Crippen LogP contribution in [0.1, 0.15) is 30.4 Å². The van der Waals surface area contributed by atoms with Gasteiger partial charge in [0.2, 0.25) is 6.79 Å². The molecule has 24 heavy (non-hydrogen) atoms. The molecule has 0 amide bonds. The Morgan fingerprint density at radius 1 is 1.21 bits per heavy atom. The van der Waals surface area contributed by atoms with Gasteiger partial charge in [-0.05, 0) is 54.6 Å². The minimum atomic E-state index is -0.517. The third-order valence-corrected chi connectivity index (χ3v) is 6.19. The molecule has 5 heteroatoms. The van der Waals surface area contributed by atoms with Gasteiger partial charge in [0.1, 0.15) is 0 Å². The number of benzene rings is 1. The van der Waals surface area contributed by atoms with E-state index in [0.29, 0.717) is 6.79 Å². The predicted octanol–water partition coefficient (Wildman–Crippen LogP) is 1.97. The van der Waals surface area contributed by atoms with E-state index in [1.165, 1.54) is 16.7 Å². The second-order valence-electron chi connectivity index (χ2n) is 7.22. The summed E-state index contributed by atoms with van der Waals surface area (Å²) in [5, 5.41) is 10.4. The monoisotopic (exact) mass is 329 g/mol. The summed E-state index contributed by atoms with van der Waals surface area (Å²) in [5.74, 6) is 1.71. The van der Waals surface area contributed by atoms with E-state index in [1.54, 1.807) is 7.11 Å². The van der Waals surface area contributed by atoms with E-state index in [2.05, 4.69) is 17.0 Å². The fourth-order valence-corrected chi connectivity index (χ4v) is 5.08. The Hall–Kier alpha value is -1.56. The van der Waals surface area contributed by atoms with Crippen LogP contribution < -0.4 is 9.47 Å². The lowest BCUT2D eigenvalue weighted by atomic mass is 9.72. The summed E-state index contributed by atoms with van der Waals surface area (Å²) in [6, 6.07) is 4.35. The molecule has 3 heterocycles. The first-order valence-electron chi connectivity index (χ1n) is 8.82. The zero-order valence-electron chi connectivity index (χ0n) is 14.0. The van der Waals surface area contributed by atoms with Gasteiger partial charge in [0.05, 0.1) is 17.7 Å². The number of rotatable bonds is 1. The van der Waals surface area contributed by atoms with Crippen LogP contribution in [0.3, 0.4) is 0 Å². The predicted molar refractivity (Wildman–Crippen MR) is 88.3 cm³/mol. The van der Waals surface area contributed by atoms with E-state index in [-0.39, 0.29) is 11.6 Å². The van der Waals surface area contributed by atoms with Crippen molar-refractivity contribution in [1.29, 1.82) is 0 Å². The van der Waals surface area contributed by atoms with Gasteiger partial charge in [0.25, 0.3) is 0 Å². The van der Waals surface area contributed by atoms with Crippen molar-refractivity contribution in [3.05, 3.63) is 34.9 Å². The Balaban J connectivity index is 1.73. The molecule has 1 fully saturated rings. The molecule has 5 nitrogen and oxygen atoms in total. The molecule has 0 saturated carbocycles. The van der Waals surface area contributed by atoms with Crippen molar-refractivity contribution in [3.63, 3.8) is 0 Å². The molecule has 0 aromatic heterocycles. The van der Waals surface area contributed by atoms with Gasteiger partial charge < -0.3 is 19.3 Å². The molecule has 0 bridgehead atoms. The second kappa shape index (κ2) is 5.22. The van der Waals surface area contributed by atoms with Gasteiger partial charge >= 0.3 is 0 Å². The van der Waals surface area contributed by atoms with Crippen LogP contribution in [0.2, 0.25) is 0 Å². The highest BCUT2D eigenvalue weighted by Crippen LogP contribution is 2.54. The Labute approximate surface area is 141 Å². The molecule has 1 aromatic rings. The average Bonchev–Trinajstić information content (AvgIpc) is 3.14. The molecule has 3 aliphatic heterocycles. The number of ether oxygens (including phenoxy) is 3. The maximum absolute atomic E-state index is 10.4. The molecular formula is C19H23NO4. The third kappa shape index (κ3) is 1.86. The molecule has 1 saturated heterocycles. The summed E-state index contributed by atoms with van der Waals surface area (Å²) >= 11 is 0. The van der Waals surface area contributed by atoms with Gasteiger partial charge in [-0.3, -0.25) is 4.90 Å². The summed E-state index contributed by atoms with van der Waals surface area (Å²) in [7, 11) is 1.69. The number of hydrogen-bond donors (Lipinski definition) is 1. The summed E-state index contributed by atoms with van der Waals surface area (Å²) in [6.45, 7) is 2.42. The molecule has 1 spiro atoms. The van der Waals surface area contributed by atoms with Gasteiger partial charge in [-0.15, -0.1) is 0 Å². The van der Waals surface area contributed by atoms with Gasteiger partial charge in [0, 0.05) is 20.1 Å². The van der Waals surface area contributed by atoms with E-state index in [1.807, 2.05) is 6.08 Å². The first-order valence-corrected chi connectivity index (χ1v) is 8.82. The van der Waals surface area contributed by atoms with Crippen LogP contribution in [0.15, 0.2) is 23.8 Å². The molecule has 1 N–H and O–H groups in total. The number of nitrogens with zero attached hydrogens (tertiary/aromatic N) is 1. The Morgan fingerprint density at radius 2 is 2.04 bits per heavy atom.